The van der Waals surface area contributed by atoms with Gasteiger partial charge in [-0.05, 0) is 32.4 Å². The number of hydrogen-bond donors (Lipinski definition) is 1. The summed E-state index contributed by atoms with van der Waals surface area (Å²) >= 11 is 0.995. The Morgan fingerprint density at radius 1 is 1.50 bits per heavy atom. The molecule has 1 aromatic heterocycles. The van der Waals surface area contributed by atoms with Crippen LogP contribution in [0.15, 0.2) is 11.4 Å². The molecular formula is C12H18ClN3O3S. The Balaban J connectivity index is 0.00000200. The van der Waals surface area contributed by atoms with Gasteiger partial charge >= 0.3 is 5.00 Å². The summed E-state index contributed by atoms with van der Waals surface area (Å²) in [5.74, 6) is -0.128. The van der Waals surface area contributed by atoms with E-state index in [-0.39, 0.29) is 29.4 Å². The minimum absolute atomic E-state index is 0. The van der Waals surface area contributed by atoms with Crippen LogP contribution in [0.1, 0.15) is 29.6 Å². The van der Waals surface area contributed by atoms with Crippen molar-refractivity contribution >= 4 is 34.7 Å². The van der Waals surface area contributed by atoms with E-state index in [1.807, 2.05) is 0 Å². The smallest absolute Gasteiger partial charge is 0.324 e. The number of nitrogens with zero attached hydrogens (tertiary/aromatic N) is 2. The molecule has 1 unspecified atom stereocenters. The number of nitro groups is 1. The van der Waals surface area contributed by atoms with Crippen molar-refractivity contribution in [2.24, 2.45) is 0 Å². The molecule has 1 saturated heterocycles. The van der Waals surface area contributed by atoms with Crippen LogP contribution in [-0.2, 0) is 0 Å². The van der Waals surface area contributed by atoms with Crippen LogP contribution in [0, 0.1) is 10.1 Å². The number of carbonyl (C=O) groups excluding carboxylic acids is 1. The highest BCUT2D eigenvalue weighted by Gasteiger charge is 2.24. The van der Waals surface area contributed by atoms with E-state index in [4.69, 9.17) is 0 Å². The Morgan fingerprint density at radius 3 is 2.90 bits per heavy atom. The van der Waals surface area contributed by atoms with Gasteiger partial charge in [0, 0.05) is 24.5 Å². The van der Waals surface area contributed by atoms with E-state index < -0.39 is 4.92 Å². The first-order chi connectivity index (χ1) is 9.09. The van der Waals surface area contributed by atoms with Gasteiger partial charge < -0.3 is 10.2 Å². The van der Waals surface area contributed by atoms with Crippen LogP contribution in [0.25, 0.3) is 0 Å². The van der Waals surface area contributed by atoms with Crippen LogP contribution in [-0.4, -0.2) is 41.9 Å². The lowest BCUT2D eigenvalue weighted by atomic mass is 10.1. The molecule has 6 nitrogen and oxygen atoms in total. The largest absolute Gasteiger partial charge is 0.339 e. The molecule has 1 aliphatic heterocycles. The molecule has 0 saturated carbocycles. The van der Waals surface area contributed by atoms with Gasteiger partial charge in [-0.15, -0.1) is 12.4 Å². The second kappa shape index (κ2) is 7.56. The molecule has 2 heterocycles. The zero-order valence-corrected chi connectivity index (χ0v) is 12.8. The molecule has 0 aromatic carbocycles. The minimum Gasteiger partial charge on any atom is -0.339 e. The van der Waals surface area contributed by atoms with Crippen molar-refractivity contribution in [3.8, 4) is 0 Å². The molecule has 0 spiro atoms. The van der Waals surface area contributed by atoms with Crippen LogP contribution in [0.4, 0.5) is 5.00 Å². The molecular weight excluding hydrogens is 302 g/mol. The van der Waals surface area contributed by atoms with Crippen LogP contribution in [0.5, 0.6) is 0 Å². The number of hydrogen-bond acceptors (Lipinski definition) is 5. The van der Waals surface area contributed by atoms with E-state index in [0.29, 0.717) is 5.56 Å². The van der Waals surface area contributed by atoms with Crippen LogP contribution < -0.4 is 5.32 Å². The normalized spacial score (nSPS) is 18.8. The molecule has 1 atom stereocenters. The second-order valence-electron chi connectivity index (χ2n) is 4.68. The molecule has 1 fully saturated rings. The zero-order valence-electron chi connectivity index (χ0n) is 11.2. The molecule has 1 aromatic rings. The highest BCUT2D eigenvalue weighted by molar-refractivity contribution is 7.13. The number of nitrogens with one attached hydrogen (secondary N) is 1. The van der Waals surface area contributed by atoms with Crippen molar-refractivity contribution in [3.05, 3.63) is 27.1 Å². The highest BCUT2D eigenvalue weighted by Crippen LogP contribution is 2.24. The van der Waals surface area contributed by atoms with E-state index in [1.54, 1.807) is 17.3 Å². The average Bonchev–Trinajstić information content (AvgIpc) is 2.73. The monoisotopic (exact) mass is 319 g/mol. The fourth-order valence-corrected chi connectivity index (χ4v) is 2.99. The van der Waals surface area contributed by atoms with E-state index >= 15 is 0 Å². The summed E-state index contributed by atoms with van der Waals surface area (Å²) in [6.07, 6.45) is 2.95. The molecule has 1 aliphatic rings. The van der Waals surface area contributed by atoms with Crippen molar-refractivity contribution in [2.75, 3.05) is 20.1 Å². The van der Waals surface area contributed by atoms with E-state index in [9.17, 15) is 14.9 Å². The van der Waals surface area contributed by atoms with Crippen molar-refractivity contribution in [1.82, 2.24) is 10.2 Å². The third kappa shape index (κ3) is 3.91. The molecule has 0 bridgehead atoms. The maximum Gasteiger partial charge on any atom is 0.324 e. The summed E-state index contributed by atoms with van der Waals surface area (Å²) in [6.45, 7) is 1.90. The second-order valence-corrected chi connectivity index (χ2v) is 5.57. The lowest BCUT2D eigenvalue weighted by molar-refractivity contribution is -0.380. The molecule has 8 heteroatoms. The Morgan fingerprint density at radius 2 is 2.25 bits per heavy atom. The van der Waals surface area contributed by atoms with Gasteiger partial charge in [0.25, 0.3) is 5.91 Å². The van der Waals surface area contributed by atoms with Gasteiger partial charge in [-0.3, -0.25) is 14.9 Å². The Kier molecular flexibility index (Phi) is 6.38. The van der Waals surface area contributed by atoms with Crippen molar-refractivity contribution in [3.63, 3.8) is 0 Å². The summed E-state index contributed by atoms with van der Waals surface area (Å²) in [7, 11) is 1.78. The molecule has 1 amide bonds. The number of thiophene rings is 1. The topological polar surface area (TPSA) is 75.5 Å². The molecule has 1 N–H and O–H groups in total. The first-order valence-electron chi connectivity index (χ1n) is 6.30. The fourth-order valence-electron chi connectivity index (χ4n) is 2.29. The molecule has 20 heavy (non-hydrogen) atoms. The highest BCUT2D eigenvalue weighted by atomic mass is 35.5. The van der Waals surface area contributed by atoms with E-state index in [1.165, 1.54) is 6.07 Å². The fraction of sp³-hybridized carbons (Fsp3) is 0.583. The summed E-state index contributed by atoms with van der Waals surface area (Å²) in [6, 6.07) is 1.57. The minimum atomic E-state index is -0.461. The molecule has 112 valence electrons. The van der Waals surface area contributed by atoms with Gasteiger partial charge in [0.1, 0.15) is 0 Å². The van der Waals surface area contributed by atoms with Crippen molar-refractivity contribution < 1.29 is 9.72 Å². The number of halogens is 1. The number of rotatable bonds is 3. The lowest BCUT2D eigenvalue weighted by Crippen LogP contribution is -2.37. The maximum absolute atomic E-state index is 12.3. The quantitative estimate of drug-likeness (QED) is 0.685. The van der Waals surface area contributed by atoms with Gasteiger partial charge in [-0.25, -0.2) is 0 Å². The maximum atomic E-state index is 12.3. The summed E-state index contributed by atoms with van der Waals surface area (Å²) in [4.78, 5) is 24.2. The number of amides is 1. The lowest BCUT2D eigenvalue weighted by Gasteiger charge is -2.26. The van der Waals surface area contributed by atoms with Crippen LogP contribution in [0.2, 0.25) is 0 Å². The predicted octanol–water partition coefficient (Wildman–Crippen LogP) is 2.29. The first-order valence-corrected chi connectivity index (χ1v) is 7.18. The summed E-state index contributed by atoms with van der Waals surface area (Å²) in [5.41, 5.74) is 0.413. The number of carbonyl (C=O) groups is 1. The SMILES string of the molecule is CN(C(=O)c1csc([N+](=O)[O-])c1)C1CCCNCC1.Cl. The van der Waals surface area contributed by atoms with E-state index in [0.717, 1.165) is 43.7 Å². The Labute approximate surface area is 127 Å². The van der Waals surface area contributed by atoms with Gasteiger partial charge in [-0.1, -0.05) is 11.3 Å². The third-order valence-corrected chi connectivity index (χ3v) is 4.31. The zero-order chi connectivity index (χ0) is 13.8. The van der Waals surface area contributed by atoms with Gasteiger partial charge in [0.05, 0.1) is 10.5 Å². The molecule has 0 radical (unpaired) electrons. The third-order valence-electron chi connectivity index (χ3n) is 3.43. The Bertz CT molecular complexity index is 472. The average molecular weight is 320 g/mol. The van der Waals surface area contributed by atoms with Crippen LogP contribution in [0.3, 0.4) is 0 Å². The summed E-state index contributed by atoms with van der Waals surface area (Å²) in [5, 5.41) is 15.5. The molecule has 2 rings (SSSR count). The van der Waals surface area contributed by atoms with Gasteiger partial charge in [0.15, 0.2) is 0 Å². The first kappa shape index (κ1) is 16.9. The van der Waals surface area contributed by atoms with Crippen molar-refractivity contribution in [2.45, 2.75) is 25.3 Å². The van der Waals surface area contributed by atoms with Gasteiger partial charge in [0.2, 0.25) is 0 Å². The predicted molar refractivity (Wildman–Crippen MR) is 80.8 cm³/mol. The summed E-state index contributed by atoms with van der Waals surface area (Å²) < 4.78 is 0. The molecule has 0 aliphatic carbocycles. The van der Waals surface area contributed by atoms with Crippen LogP contribution >= 0.6 is 23.7 Å². The van der Waals surface area contributed by atoms with Crippen molar-refractivity contribution in [1.29, 1.82) is 0 Å². The van der Waals surface area contributed by atoms with Gasteiger partial charge in [-0.2, -0.15) is 0 Å². The Hall–Kier alpha value is -1.18. The standard InChI is InChI=1S/C12H17N3O3S.ClH/c1-14(10-3-2-5-13-6-4-10)12(16)9-7-11(15(17)18)19-8-9;/h7-8,10,13H,2-6H2,1H3;1H. The van der Waals surface area contributed by atoms with E-state index in [2.05, 4.69) is 5.32 Å².